The smallest absolute Gasteiger partial charge is 0.175 e. The second-order valence-electron chi connectivity index (χ2n) is 6.10. The van der Waals surface area contributed by atoms with Crippen LogP contribution >= 0.6 is 0 Å². The summed E-state index contributed by atoms with van der Waals surface area (Å²) in [7, 11) is 0. The van der Waals surface area contributed by atoms with Crippen LogP contribution in [0, 0.1) is 0 Å². The molecule has 0 amide bonds. The van der Waals surface area contributed by atoms with Crippen LogP contribution in [0.15, 0.2) is 122 Å². The van der Waals surface area contributed by atoms with Gasteiger partial charge in [0.25, 0.3) is 0 Å². The van der Waals surface area contributed by atoms with Crippen LogP contribution in [-0.4, -0.2) is 0 Å². The summed E-state index contributed by atoms with van der Waals surface area (Å²) in [4.78, 5) is 0. The Balaban J connectivity index is 0.000000281. The molecule has 4 heteroatoms. The van der Waals surface area contributed by atoms with E-state index in [0.717, 1.165) is 0 Å². The minimum Gasteiger partial charge on any atom is -1.00 e. The number of rotatable bonds is 4. The van der Waals surface area contributed by atoms with E-state index in [4.69, 9.17) is 0 Å². The summed E-state index contributed by atoms with van der Waals surface area (Å²) in [6.07, 6.45) is 16.3. The summed E-state index contributed by atoms with van der Waals surface area (Å²) < 4.78 is 4.04. The van der Waals surface area contributed by atoms with Gasteiger partial charge in [0.15, 0.2) is 37.2 Å². The first-order valence-corrected chi connectivity index (χ1v) is 9.28. The van der Waals surface area contributed by atoms with Gasteiger partial charge in [0.1, 0.15) is 0 Å². The van der Waals surface area contributed by atoms with E-state index in [1.165, 1.54) is 11.1 Å². The summed E-state index contributed by atoms with van der Waals surface area (Å²) in [5, 5.41) is 0. The highest BCUT2D eigenvalue weighted by molar-refractivity contribution is 5.57. The Bertz CT molecular complexity index is 820. The average Bonchev–Trinajstić information content (AvgIpc) is 2.80. The molecule has 0 saturated heterocycles. The quantitative estimate of drug-likeness (QED) is 0.310. The van der Waals surface area contributed by atoms with Crippen molar-refractivity contribution >= 4 is 24.6 Å². The highest BCUT2D eigenvalue weighted by Crippen LogP contribution is 2.00. The second kappa shape index (κ2) is 15.1. The number of nitrogens with zero attached hydrogens (tertiary/aromatic N) is 2. The zero-order valence-corrected chi connectivity index (χ0v) is 19.7. The zero-order chi connectivity index (χ0) is 19.3. The van der Waals surface area contributed by atoms with Crippen molar-refractivity contribution in [3.8, 4) is 0 Å². The molecule has 0 saturated carbocycles. The normalized spacial score (nSPS) is 9.87. The van der Waals surface area contributed by atoms with Crippen LogP contribution in [0.3, 0.4) is 0 Å². The van der Waals surface area contributed by atoms with Crippen molar-refractivity contribution in [3.05, 3.63) is 133 Å². The van der Waals surface area contributed by atoms with Gasteiger partial charge in [-0.05, 0) is 11.1 Å². The molecule has 2 aromatic heterocycles. The molecular weight excluding hydrogens is 500 g/mol. The SMILES string of the molecule is C(=C[n+]1ccccc1)c1ccccc1.C(=C[n+]1ccccc1)c1ccccc1.[Br-].[Br-]. The molecule has 4 aromatic rings. The molecule has 2 nitrogen and oxygen atoms in total. The molecule has 0 atom stereocenters. The third-order valence-electron chi connectivity index (χ3n) is 3.95. The van der Waals surface area contributed by atoms with E-state index in [9.17, 15) is 0 Å². The molecule has 0 aliphatic rings. The van der Waals surface area contributed by atoms with Crippen molar-refractivity contribution in [2.75, 3.05) is 0 Å². The maximum atomic E-state index is 2.08. The molecule has 0 aliphatic carbocycles. The van der Waals surface area contributed by atoms with Crippen LogP contribution in [0.4, 0.5) is 0 Å². The van der Waals surface area contributed by atoms with E-state index >= 15 is 0 Å². The summed E-state index contributed by atoms with van der Waals surface area (Å²) in [5.41, 5.74) is 2.42. The largest absolute Gasteiger partial charge is 1.00 e. The standard InChI is InChI=1S/2C13H12N.2BrH/c2*1-3-7-13(8-4-1)9-12-14-10-5-2-6-11-14;;/h2*1-12H;2*1H/q2*+1;;/p-2. The maximum absolute atomic E-state index is 2.08. The lowest BCUT2D eigenvalue weighted by Gasteiger charge is -1.88. The van der Waals surface area contributed by atoms with E-state index in [0.29, 0.717) is 0 Å². The molecule has 0 fully saturated rings. The van der Waals surface area contributed by atoms with Gasteiger partial charge in [-0.1, -0.05) is 72.8 Å². The van der Waals surface area contributed by atoms with Crippen molar-refractivity contribution in [2.24, 2.45) is 0 Å². The number of hydrogen-bond acceptors (Lipinski definition) is 0. The first kappa shape index (κ1) is 25.2. The Morgan fingerprint density at radius 2 is 0.700 bits per heavy atom. The molecule has 0 unspecified atom stereocenters. The fourth-order valence-electron chi connectivity index (χ4n) is 2.50. The van der Waals surface area contributed by atoms with Gasteiger partial charge in [-0.25, -0.2) is 0 Å². The topological polar surface area (TPSA) is 7.76 Å². The zero-order valence-electron chi connectivity index (χ0n) is 16.5. The van der Waals surface area contributed by atoms with E-state index in [1.54, 1.807) is 0 Å². The predicted molar refractivity (Wildman–Crippen MR) is 117 cm³/mol. The Kier molecular flexibility index (Phi) is 12.7. The maximum Gasteiger partial charge on any atom is 0.175 e. The van der Waals surface area contributed by atoms with Crippen molar-refractivity contribution in [1.29, 1.82) is 0 Å². The van der Waals surface area contributed by atoms with E-state index in [-0.39, 0.29) is 34.0 Å². The second-order valence-corrected chi connectivity index (χ2v) is 6.10. The average molecular weight is 524 g/mol. The fourth-order valence-corrected chi connectivity index (χ4v) is 2.50. The third kappa shape index (κ3) is 9.59. The van der Waals surface area contributed by atoms with Crippen molar-refractivity contribution in [3.63, 3.8) is 0 Å². The number of halogens is 2. The van der Waals surface area contributed by atoms with E-state index in [2.05, 4.69) is 36.4 Å². The Morgan fingerprint density at radius 1 is 0.400 bits per heavy atom. The number of hydrogen-bond donors (Lipinski definition) is 0. The predicted octanol–water partition coefficient (Wildman–Crippen LogP) is -0.788. The Morgan fingerprint density at radius 3 is 1.03 bits per heavy atom. The van der Waals surface area contributed by atoms with E-state index in [1.807, 2.05) is 119 Å². The molecule has 152 valence electrons. The molecule has 0 spiro atoms. The summed E-state index contributed by atoms with van der Waals surface area (Å²) in [6, 6.07) is 32.6. The highest BCUT2D eigenvalue weighted by Gasteiger charge is 1.91. The number of pyridine rings is 2. The summed E-state index contributed by atoms with van der Waals surface area (Å²) in [5.74, 6) is 0. The van der Waals surface area contributed by atoms with Crippen LogP contribution in [-0.2, 0) is 0 Å². The van der Waals surface area contributed by atoms with Gasteiger partial charge in [0.05, 0.1) is 0 Å². The van der Waals surface area contributed by atoms with Gasteiger partial charge < -0.3 is 34.0 Å². The van der Waals surface area contributed by atoms with Gasteiger partial charge in [0, 0.05) is 36.4 Å². The highest BCUT2D eigenvalue weighted by atomic mass is 79.9. The monoisotopic (exact) mass is 522 g/mol. The van der Waals surface area contributed by atoms with Crippen molar-refractivity contribution in [1.82, 2.24) is 0 Å². The molecular formula is C26H24Br2N2. The van der Waals surface area contributed by atoms with Crippen LogP contribution < -0.4 is 43.1 Å². The van der Waals surface area contributed by atoms with Crippen LogP contribution in [0.5, 0.6) is 0 Å². The molecule has 0 bridgehead atoms. The molecule has 2 aromatic carbocycles. The molecule has 2 heterocycles. The Hall–Kier alpha value is -2.82. The lowest BCUT2D eigenvalue weighted by molar-refractivity contribution is -0.567. The molecule has 30 heavy (non-hydrogen) atoms. The lowest BCUT2D eigenvalue weighted by atomic mass is 10.2. The van der Waals surface area contributed by atoms with Gasteiger partial charge in [-0.3, -0.25) is 0 Å². The third-order valence-corrected chi connectivity index (χ3v) is 3.95. The molecule has 0 aliphatic heterocycles. The summed E-state index contributed by atoms with van der Waals surface area (Å²) >= 11 is 0. The van der Waals surface area contributed by atoms with Gasteiger partial charge in [0.2, 0.25) is 0 Å². The molecule has 0 radical (unpaired) electrons. The fraction of sp³-hybridized carbons (Fsp3) is 0. The van der Waals surface area contributed by atoms with Gasteiger partial charge >= 0.3 is 0 Å². The minimum atomic E-state index is 0. The first-order valence-electron chi connectivity index (χ1n) is 9.28. The minimum absolute atomic E-state index is 0. The van der Waals surface area contributed by atoms with Crippen molar-refractivity contribution < 1.29 is 43.1 Å². The molecule has 0 N–H and O–H groups in total. The molecule has 4 rings (SSSR count). The van der Waals surface area contributed by atoms with Crippen LogP contribution in [0.25, 0.3) is 24.6 Å². The Labute approximate surface area is 200 Å². The van der Waals surface area contributed by atoms with E-state index < -0.39 is 0 Å². The van der Waals surface area contributed by atoms with Crippen LogP contribution in [0.1, 0.15) is 11.1 Å². The first-order chi connectivity index (χ1) is 13.9. The van der Waals surface area contributed by atoms with Crippen molar-refractivity contribution in [2.45, 2.75) is 0 Å². The van der Waals surface area contributed by atoms with Gasteiger partial charge in [-0.2, -0.15) is 9.13 Å². The van der Waals surface area contributed by atoms with Gasteiger partial charge in [-0.15, -0.1) is 0 Å². The van der Waals surface area contributed by atoms with Crippen LogP contribution in [0.2, 0.25) is 0 Å². The lowest BCUT2D eigenvalue weighted by Crippen LogP contribution is -3.00. The summed E-state index contributed by atoms with van der Waals surface area (Å²) in [6.45, 7) is 0. The number of benzene rings is 2. The number of aromatic nitrogens is 2.